The number of nitrogens with two attached hydrogens (primary N) is 1. The quantitative estimate of drug-likeness (QED) is 0.690. The van der Waals surface area contributed by atoms with Crippen LogP contribution in [-0.4, -0.2) is 54.5 Å². The highest BCUT2D eigenvalue weighted by atomic mass is 16.1. The third-order valence-corrected chi connectivity index (χ3v) is 3.24. The fraction of sp³-hybridized carbons (Fsp3) is 0.900. The Morgan fingerprint density at radius 1 is 1.57 bits per heavy atom. The van der Waals surface area contributed by atoms with E-state index in [0.29, 0.717) is 6.04 Å². The van der Waals surface area contributed by atoms with Crippen LogP contribution in [0.25, 0.3) is 0 Å². The molecule has 14 heavy (non-hydrogen) atoms. The predicted molar refractivity (Wildman–Crippen MR) is 56.9 cm³/mol. The molecule has 0 saturated carbocycles. The van der Waals surface area contributed by atoms with E-state index in [1.807, 2.05) is 6.92 Å². The van der Waals surface area contributed by atoms with E-state index in [1.54, 1.807) is 0 Å². The Labute approximate surface area is 86.0 Å². The lowest BCUT2D eigenvalue weighted by atomic mass is 10.1. The van der Waals surface area contributed by atoms with Crippen LogP contribution in [0.3, 0.4) is 0 Å². The number of likely N-dealkylation sites (N-methyl/N-ethyl adjacent to an activating group) is 1. The zero-order chi connectivity index (χ0) is 10.7. The lowest BCUT2D eigenvalue weighted by molar-refractivity contribution is -0.123. The minimum absolute atomic E-state index is 0.127. The minimum atomic E-state index is -0.218. The maximum Gasteiger partial charge on any atom is 0.234 e. The van der Waals surface area contributed by atoms with Crippen LogP contribution in [0.15, 0.2) is 0 Å². The number of piperazine rings is 1. The number of primary amides is 1. The second-order valence-electron chi connectivity index (χ2n) is 4.12. The molecule has 0 aromatic carbocycles. The molecular formula is C10H21N3O. The Morgan fingerprint density at radius 3 is 2.71 bits per heavy atom. The molecule has 4 nitrogen and oxygen atoms in total. The summed E-state index contributed by atoms with van der Waals surface area (Å²) in [6, 6.07) is 0.434. The second kappa shape index (κ2) is 4.75. The van der Waals surface area contributed by atoms with Crippen LogP contribution in [0.4, 0.5) is 0 Å². The fourth-order valence-electron chi connectivity index (χ4n) is 1.94. The van der Waals surface area contributed by atoms with Crippen molar-refractivity contribution in [3.8, 4) is 0 Å². The van der Waals surface area contributed by atoms with Crippen molar-refractivity contribution in [1.29, 1.82) is 0 Å². The summed E-state index contributed by atoms with van der Waals surface area (Å²) in [5.74, 6) is -0.218. The molecule has 1 aliphatic heterocycles. The van der Waals surface area contributed by atoms with Crippen LogP contribution in [0, 0.1) is 0 Å². The Balaban J connectivity index is 2.54. The van der Waals surface area contributed by atoms with Crippen molar-refractivity contribution in [3.05, 3.63) is 0 Å². The summed E-state index contributed by atoms with van der Waals surface area (Å²) in [4.78, 5) is 15.6. The predicted octanol–water partition coefficient (Wildman–Crippen LogP) is -0.114. The topological polar surface area (TPSA) is 49.6 Å². The van der Waals surface area contributed by atoms with Crippen LogP contribution in [-0.2, 0) is 4.79 Å². The molecule has 82 valence electrons. The van der Waals surface area contributed by atoms with Gasteiger partial charge in [0.15, 0.2) is 0 Å². The van der Waals surface area contributed by atoms with Crippen molar-refractivity contribution in [1.82, 2.24) is 9.80 Å². The summed E-state index contributed by atoms with van der Waals surface area (Å²) in [7, 11) is 2.14. The van der Waals surface area contributed by atoms with Crippen molar-refractivity contribution in [2.75, 3.05) is 26.7 Å². The first-order valence-corrected chi connectivity index (χ1v) is 5.29. The first-order chi connectivity index (χ1) is 6.56. The molecule has 2 unspecified atom stereocenters. The minimum Gasteiger partial charge on any atom is -0.368 e. The average molecular weight is 199 g/mol. The van der Waals surface area contributed by atoms with E-state index in [-0.39, 0.29) is 11.9 Å². The zero-order valence-corrected chi connectivity index (χ0v) is 9.36. The molecule has 0 bridgehead atoms. The van der Waals surface area contributed by atoms with Gasteiger partial charge in [0, 0.05) is 25.7 Å². The van der Waals surface area contributed by atoms with E-state index >= 15 is 0 Å². The molecule has 2 N–H and O–H groups in total. The van der Waals surface area contributed by atoms with Gasteiger partial charge in [-0.25, -0.2) is 0 Å². The summed E-state index contributed by atoms with van der Waals surface area (Å²) in [6.07, 6.45) is 1.12. The highest BCUT2D eigenvalue weighted by Crippen LogP contribution is 2.12. The van der Waals surface area contributed by atoms with E-state index < -0.39 is 0 Å². The van der Waals surface area contributed by atoms with Crippen LogP contribution in [0.1, 0.15) is 20.3 Å². The summed E-state index contributed by atoms with van der Waals surface area (Å²) in [5, 5.41) is 0. The van der Waals surface area contributed by atoms with E-state index in [2.05, 4.69) is 23.8 Å². The van der Waals surface area contributed by atoms with Crippen molar-refractivity contribution in [3.63, 3.8) is 0 Å². The van der Waals surface area contributed by atoms with Crippen LogP contribution in [0.5, 0.6) is 0 Å². The first kappa shape index (κ1) is 11.5. The Morgan fingerprint density at radius 2 is 2.21 bits per heavy atom. The molecule has 1 aliphatic rings. The first-order valence-electron chi connectivity index (χ1n) is 5.29. The van der Waals surface area contributed by atoms with Crippen molar-refractivity contribution >= 4 is 5.91 Å². The molecule has 4 heteroatoms. The number of amides is 1. The lowest BCUT2D eigenvalue weighted by Gasteiger charge is -2.40. The molecule has 0 aromatic heterocycles. The van der Waals surface area contributed by atoms with Gasteiger partial charge in [0.1, 0.15) is 0 Å². The molecule has 0 aliphatic carbocycles. The van der Waals surface area contributed by atoms with Gasteiger partial charge in [0.2, 0.25) is 5.91 Å². The summed E-state index contributed by atoms with van der Waals surface area (Å²) < 4.78 is 0. The second-order valence-corrected chi connectivity index (χ2v) is 4.12. The molecule has 0 aromatic rings. The molecule has 0 spiro atoms. The molecule has 1 amide bonds. The Bertz CT molecular complexity index is 208. The highest BCUT2D eigenvalue weighted by Gasteiger charge is 2.27. The molecule has 0 radical (unpaired) electrons. The van der Waals surface area contributed by atoms with Crippen LogP contribution >= 0.6 is 0 Å². The number of carbonyl (C=O) groups is 1. The van der Waals surface area contributed by atoms with Gasteiger partial charge in [0.05, 0.1) is 6.04 Å². The van der Waals surface area contributed by atoms with Crippen molar-refractivity contribution < 1.29 is 4.79 Å². The van der Waals surface area contributed by atoms with E-state index in [0.717, 1.165) is 26.1 Å². The monoisotopic (exact) mass is 199 g/mol. The molecule has 1 rings (SSSR count). The van der Waals surface area contributed by atoms with Gasteiger partial charge in [0.25, 0.3) is 0 Å². The van der Waals surface area contributed by atoms with Crippen LogP contribution < -0.4 is 5.73 Å². The van der Waals surface area contributed by atoms with Gasteiger partial charge in [-0.3, -0.25) is 9.69 Å². The molecule has 1 saturated heterocycles. The van der Waals surface area contributed by atoms with Gasteiger partial charge in [-0.05, 0) is 20.4 Å². The average Bonchev–Trinajstić information content (AvgIpc) is 2.17. The van der Waals surface area contributed by atoms with Crippen molar-refractivity contribution in [2.45, 2.75) is 32.4 Å². The van der Waals surface area contributed by atoms with Gasteiger partial charge in [-0.2, -0.15) is 0 Å². The molecular weight excluding hydrogens is 178 g/mol. The number of carbonyl (C=O) groups excluding carboxylic acids is 1. The largest absolute Gasteiger partial charge is 0.368 e. The van der Waals surface area contributed by atoms with Gasteiger partial charge in [-0.1, -0.05) is 6.92 Å². The van der Waals surface area contributed by atoms with Crippen molar-refractivity contribution in [2.24, 2.45) is 5.73 Å². The van der Waals surface area contributed by atoms with Gasteiger partial charge < -0.3 is 10.6 Å². The van der Waals surface area contributed by atoms with E-state index in [1.165, 1.54) is 0 Å². The molecule has 1 heterocycles. The molecule has 2 atom stereocenters. The fourth-order valence-corrected chi connectivity index (χ4v) is 1.94. The van der Waals surface area contributed by atoms with E-state index in [4.69, 9.17) is 5.73 Å². The third-order valence-electron chi connectivity index (χ3n) is 3.24. The van der Waals surface area contributed by atoms with Crippen LogP contribution in [0.2, 0.25) is 0 Å². The Kier molecular flexibility index (Phi) is 3.89. The number of hydrogen-bond donors (Lipinski definition) is 1. The van der Waals surface area contributed by atoms with Gasteiger partial charge in [-0.15, -0.1) is 0 Å². The molecule has 1 fully saturated rings. The SMILES string of the molecule is CCC1CN(C(C)C(N)=O)CCN1C. The van der Waals surface area contributed by atoms with Gasteiger partial charge >= 0.3 is 0 Å². The summed E-state index contributed by atoms with van der Waals surface area (Å²) in [6.45, 7) is 6.99. The summed E-state index contributed by atoms with van der Waals surface area (Å²) in [5.41, 5.74) is 5.29. The Hall–Kier alpha value is -0.610. The number of nitrogens with zero attached hydrogens (tertiary/aromatic N) is 2. The smallest absolute Gasteiger partial charge is 0.234 e. The van der Waals surface area contributed by atoms with E-state index in [9.17, 15) is 4.79 Å². The maximum atomic E-state index is 11.0. The third kappa shape index (κ3) is 2.45. The maximum absolute atomic E-state index is 11.0. The number of hydrogen-bond acceptors (Lipinski definition) is 3. The standard InChI is InChI=1S/C10H21N3O/c1-4-9-7-13(6-5-12(9)3)8(2)10(11)14/h8-9H,4-7H2,1-3H3,(H2,11,14). The normalized spacial score (nSPS) is 27.5. The summed E-state index contributed by atoms with van der Waals surface area (Å²) >= 11 is 0. The lowest BCUT2D eigenvalue weighted by Crippen LogP contribution is -2.56. The number of rotatable bonds is 3. The highest BCUT2D eigenvalue weighted by molar-refractivity contribution is 5.79. The zero-order valence-electron chi connectivity index (χ0n) is 9.36.